The van der Waals surface area contributed by atoms with E-state index in [1.54, 1.807) is 4.90 Å². The van der Waals surface area contributed by atoms with Crippen molar-refractivity contribution in [2.24, 2.45) is 0 Å². The molecule has 1 aromatic heterocycles. The van der Waals surface area contributed by atoms with Crippen molar-refractivity contribution < 1.29 is 18.0 Å². The first-order chi connectivity index (χ1) is 13.3. The van der Waals surface area contributed by atoms with Crippen LogP contribution in [-0.4, -0.2) is 53.5 Å². The Balaban J connectivity index is 1.64. The van der Waals surface area contributed by atoms with Crippen LogP contribution >= 0.6 is 0 Å². The lowest BCUT2D eigenvalue weighted by Crippen LogP contribution is -2.49. The summed E-state index contributed by atoms with van der Waals surface area (Å²) >= 11 is 0. The molecule has 0 spiro atoms. The molecule has 0 unspecified atom stereocenters. The summed E-state index contributed by atoms with van der Waals surface area (Å²) in [4.78, 5) is 25.2. The maximum Gasteiger partial charge on any atom is 0.416 e. The molecule has 0 aliphatic carbocycles. The predicted octanol–water partition coefficient (Wildman–Crippen LogP) is 3.20. The Bertz CT molecular complexity index is 830. The number of nitrogens with zero attached hydrogens (tertiary/aromatic N) is 4. The minimum atomic E-state index is -4.41. The van der Waals surface area contributed by atoms with Crippen molar-refractivity contribution in [3.05, 3.63) is 47.2 Å². The van der Waals surface area contributed by atoms with Crippen LogP contribution in [0.4, 0.5) is 24.9 Å². The average molecular weight is 393 g/mol. The number of aromatic nitrogens is 2. The fraction of sp³-hybridized carbons (Fsp3) is 0.421. The van der Waals surface area contributed by atoms with Gasteiger partial charge in [0.25, 0.3) is 5.91 Å². The Morgan fingerprint density at radius 2 is 1.75 bits per heavy atom. The summed E-state index contributed by atoms with van der Waals surface area (Å²) in [6.45, 7) is 6.66. The fourth-order valence-corrected chi connectivity index (χ4v) is 3.06. The zero-order valence-electron chi connectivity index (χ0n) is 15.8. The van der Waals surface area contributed by atoms with Gasteiger partial charge in [-0.3, -0.25) is 4.79 Å². The molecular formula is C19H22F3N5O. The lowest BCUT2D eigenvalue weighted by molar-refractivity contribution is -0.137. The highest BCUT2D eigenvalue weighted by Gasteiger charge is 2.31. The van der Waals surface area contributed by atoms with E-state index in [2.05, 4.69) is 15.3 Å². The number of halogens is 3. The van der Waals surface area contributed by atoms with Gasteiger partial charge in [-0.05, 0) is 38.1 Å². The normalized spacial score (nSPS) is 14.9. The number of benzene rings is 1. The van der Waals surface area contributed by atoms with Gasteiger partial charge in [-0.25, -0.2) is 4.98 Å². The molecule has 0 bridgehead atoms. The number of nitrogens with one attached hydrogen (secondary N) is 1. The highest BCUT2D eigenvalue weighted by molar-refractivity contribution is 5.94. The quantitative estimate of drug-likeness (QED) is 0.865. The van der Waals surface area contributed by atoms with Crippen LogP contribution in [0.1, 0.15) is 28.5 Å². The number of carbonyl (C=O) groups is 1. The Morgan fingerprint density at radius 3 is 2.32 bits per heavy atom. The molecular weight excluding hydrogens is 371 g/mol. The minimum absolute atomic E-state index is 0.252. The Hall–Kier alpha value is -2.84. The van der Waals surface area contributed by atoms with E-state index in [-0.39, 0.29) is 11.5 Å². The van der Waals surface area contributed by atoms with E-state index in [0.717, 1.165) is 30.2 Å². The average Bonchev–Trinajstić information content (AvgIpc) is 2.67. The SMILES string of the molecule is CCNc1cc(C)nc(N2CCN(C(=O)c3ccc(C(F)(F)F)cc3)CC2)n1. The summed E-state index contributed by atoms with van der Waals surface area (Å²) in [5, 5.41) is 3.17. The van der Waals surface area contributed by atoms with Gasteiger partial charge >= 0.3 is 6.18 Å². The first-order valence-corrected chi connectivity index (χ1v) is 9.09. The maximum absolute atomic E-state index is 12.7. The van der Waals surface area contributed by atoms with Crippen molar-refractivity contribution in [3.8, 4) is 0 Å². The summed E-state index contributed by atoms with van der Waals surface area (Å²) in [6.07, 6.45) is -4.41. The lowest BCUT2D eigenvalue weighted by atomic mass is 10.1. The Morgan fingerprint density at radius 1 is 1.11 bits per heavy atom. The number of rotatable bonds is 4. The molecule has 1 N–H and O–H groups in total. The van der Waals surface area contributed by atoms with Crippen LogP contribution in [0.25, 0.3) is 0 Å². The molecule has 150 valence electrons. The van der Waals surface area contributed by atoms with Crippen molar-refractivity contribution in [2.45, 2.75) is 20.0 Å². The third kappa shape index (κ3) is 4.52. The second kappa shape index (κ2) is 8.04. The predicted molar refractivity (Wildman–Crippen MR) is 100 cm³/mol. The van der Waals surface area contributed by atoms with Crippen molar-refractivity contribution in [1.29, 1.82) is 0 Å². The van der Waals surface area contributed by atoms with Gasteiger partial charge in [0.2, 0.25) is 5.95 Å². The van der Waals surface area contributed by atoms with E-state index >= 15 is 0 Å². The van der Waals surface area contributed by atoms with Crippen LogP contribution in [-0.2, 0) is 6.18 Å². The molecule has 28 heavy (non-hydrogen) atoms. The lowest BCUT2D eigenvalue weighted by Gasteiger charge is -2.35. The number of piperazine rings is 1. The molecule has 1 amide bonds. The van der Waals surface area contributed by atoms with Gasteiger partial charge < -0.3 is 15.1 Å². The molecule has 1 aliphatic rings. The Labute approximate surface area is 161 Å². The van der Waals surface area contributed by atoms with Crippen LogP contribution in [0, 0.1) is 6.92 Å². The van der Waals surface area contributed by atoms with Gasteiger partial charge in [0, 0.05) is 50.0 Å². The van der Waals surface area contributed by atoms with E-state index in [0.29, 0.717) is 32.1 Å². The zero-order valence-corrected chi connectivity index (χ0v) is 15.8. The number of carbonyl (C=O) groups excluding carboxylic acids is 1. The van der Waals surface area contributed by atoms with Crippen LogP contribution in [0.3, 0.4) is 0 Å². The van der Waals surface area contributed by atoms with Crippen LogP contribution in [0.15, 0.2) is 30.3 Å². The van der Waals surface area contributed by atoms with E-state index < -0.39 is 11.7 Å². The van der Waals surface area contributed by atoms with Gasteiger partial charge in [0.1, 0.15) is 5.82 Å². The summed E-state index contributed by atoms with van der Waals surface area (Å²) in [5.41, 5.74) is 0.342. The van der Waals surface area contributed by atoms with Gasteiger partial charge in [-0.2, -0.15) is 18.2 Å². The van der Waals surface area contributed by atoms with Crippen molar-refractivity contribution in [2.75, 3.05) is 42.9 Å². The van der Waals surface area contributed by atoms with Crippen molar-refractivity contribution >= 4 is 17.7 Å². The Kier molecular flexibility index (Phi) is 5.71. The third-order valence-electron chi connectivity index (χ3n) is 4.51. The second-order valence-corrected chi connectivity index (χ2v) is 6.58. The molecule has 1 aromatic carbocycles. The van der Waals surface area contributed by atoms with Gasteiger partial charge in [-0.1, -0.05) is 0 Å². The molecule has 2 heterocycles. The van der Waals surface area contributed by atoms with Crippen LogP contribution in [0.2, 0.25) is 0 Å². The third-order valence-corrected chi connectivity index (χ3v) is 4.51. The highest BCUT2D eigenvalue weighted by atomic mass is 19.4. The molecule has 0 saturated carbocycles. The van der Waals surface area contributed by atoms with Gasteiger partial charge in [0.05, 0.1) is 5.56 Å². The fourth-order valence-electron chi connectivity index (χ4n) is 3.06. The van der Waals surface area contributed by atoms with Crippen molar-refractivity contribution in [1.82, 2.24) is 14.9 Å². The second-order valence-electron chi connectivity index (χ2n) is 6.58. The first kappa shape index (κ1) is 19.9. The summed E-state index contributed by atoms with van der Waals surface area (Å²) in [7, 11) is 0. The van der Waals surface area contributed by atoms with E-state index in [1.807, 2.05) is 24.8 Å². The topological polar surface area (TPSA) is 61.4 Å². The minimum Gasteiger partial charge on any atom is -0.370 e. The number of amides is 1. The summed E-state index contributed by atoms with van der Waals surface area (Å²) in [6, 6.07) is 6.20. The summed E-state index contributed by atoms with van der Waals surface area (Å²) < 4.78 is 38.0. The van der Waals surface area contributed by atoms with Crippen LogP contribution in [0.5, 0.6) is 0 Å². The molecule has 0 atom stereocenters. The van der Waals surface area contributed by atoms with E-state index in [4.69, 9.17) is 0 Å². The van der Waals surface area contributed by atoms with Gasteiger partial charge in [0.15, 0.2) is 0 Å². The first-order valence-electron chi connectivity index (χ1n) is 9.09. The number of hydrogen-bond donors (Lipinski definition) is 1. The van der Waals surface area contributed by atoms with E-state index in [9.17, 15) is 18.0 Å². The molecule has 3 rings (SSSR count). The van der Waals surface area contributed by atoms with Gasteiger partial charge in [-0.15, -0.1) is 0 Å². The summed E-state index contributed by atoms with van der Waals surface area (Å²) in [5.74, 6) is 1.10. The molecule has 1 aliphatic heterocycles. The molecule has 9 heteroatoms. The number of alkyl halides is 3. The highest BCUT2D eigenvalue weighted by Crippen LogP contribution is 2.29. The number of anilines is 2. The molecule has 1 fully saturated rings. The number of aryl methyl sites for hydroxylation is 1. The largest absolute Gasteiger partial charge is 0.416 e. The van der Waals surface area contributed by atoms with Crippen LogP contribution < -0.4 is 10.2 Å². The van der Waals surface area contributed by atoms with Crippen molar-refractivity contribution in [3.63, 3.8) is 0 Å². The molecule has 1 saturated heterocycles. The molecule has 0 radical (unpaired) electrons. The maximum atomic E-state index is 12.7. The van der Waals surface area contributed by atoms with E-state index in [1.165, 1.54) is 12.1 Å². The standard InChI is InChI=1S/C19H22F3N5O/c1-3-23-16-12-13(2)24-18(25-16)27-10-8-26(9-11-27)17(28)14-4-6-15(7-5-14)19(20,21)22/h4-7,12H,3,8-11H2,1-2H3,(H,23,24,25). The molecule has 6 nitrogen and oxygen atoms in total. The molecule has 2 aromatic rings. The smallest absolute Gasteiger partial charge is 0.370 e. The number of hydrogen-bond acceptors (Lipinski definition) is 5. The zero-order chi connectivity index (χ0) is 20.3. The monoisotopic (exact) mass is 393 g/mol.